The third-order valence-electron chi connectivity index (χ3n) is 2.48. The van der Waals surface area contributed by atoms with Gasteiger partial charge in [0.2, 0.25) is 0 Å². The van der Waals surface area contributed by atoms with E-state index in [1.807, 2.05) is 0 Å². The van der Waals surface area contributed by atoms with Crippen molar-refractivity contribution in [3.63, 3.8) is 0 Å². The summed E-state index contributed by atoms with van der Waals surface area (Å²) in [4.78, 5) is 21.7. The van der Waals surface area contributed by atoms with Gasteiger partial charge < -0.3 is 14.6 Å². The Morgan fingerprint density at radius 1 is 1.29 bits per heavy atom. The van der Waals surface area contributed by atoms with E-state index in [1.165, 1.54) is 6.08 Å². The van der Waals surface area contributed by atoms with Gasteiger partial charge >= 0.3 is 35.5 Å². The number of rotatable bonds is 10. The molecule has 0 radical (unpaired) electrons. The summed E-state index contributed by atoms with van der Waals surface area (Å²) in [6.07, 6.45) is 6.18. The molecule has 116 valence electrons. The van der Waals surface area contributed by atoms with E-state index >= 15 is 0 Å². The molecule has 0 heterocycles. The van der Waals surface area contributed by atoms with Gasteiger partial charge in [0.1, 0.15) is 0 Å². The van der Waals surface area contributed by atoms with Crippen LogP contribution in [0, 0.1) is 0 Å². The Hall–Kier alpha value is -0.410. The maximum Gasteiger partial charge on any atom is 1.00 e. The van der Waals surface area contributed by atoms with Crippen molar-refractivity contribution in [2.75, 3.05) is 0 Å². The summed E-state index contributed by atoms with van der Waals surface area (Å²) < 4.78 is 35.0. The molecule has 0 amide bonds. The number of aliphatic carboxylic acids is 1. The van der Waals surface area contributed by atoms with Crippen molar-refractivity contribution in [2.24, 2.45) is 0 Å². The fraction of sp³-hybridized carbons (Fsp3) is 0.667. The number of carboxylic acids is 1. The molecule has 0 spiro atoms. The minimum Gasteiger partial charge on any atom is -0.550 e. The average Bonchev–Trinajstić information content (AvgIpc) is 2.33. The van der Waals surface area contributed by atoms with Gasteiger partial charge in [-0.3, -0.25) is 9.35 Å². The predicted octanol–water partition coefficient (Wildman–Crippen LogP) is -2.59. The average molecular weight is 330 g/mol. The number of carbonyl (C=O) groups excluding carboxylic acids is 2. The molecular formula is C12H19NaO7S. The Balaban J connectivity index is 0. The van der Waals surface area contributed by atoms with Crippen LogP contribution in [-0.2, 0) is 24.4 Å². The smallest absolute Gasteiger partial charge is 0.550 e. The molecule has 0 aromatic carbocycles. The molecule has 0 aromatic rings. The Kier molecular flexibility index (Phi) is 13.2. The summed E-state index contributed by atoms with van der Waals surface area (Å²) in [5.41, 5.74) is 0. The van der Waals surface area contributed by atoms with E-state index in [2.05, 4.69) is 11.7 Å². The van der Waals surface area contributed by atoms with Gasteiger partial charge in [0.15, 0.2) is 5.25 Å². The molecule has 9 heteroatoms. The summed E-state index contributed by atoms with van der Waals surface area (Å²) in [6, 6.07) is 0. The van der Waals surface area contributed by atoms with Gasteiger partial charge in [0.25, 0.3) is 10.1 Å². The summed E-state index contributed by atoms with van der Waals surface area (Å²) in [5.74, 6) is -3.12. The van der Waals surface area contributed by atoms with Gasteiger partial charge in [0.05, 0.1) is 6.26 Å². The Bertz CT molecular complexity index is 445. The molecule has 0 aromatic heterocycles. The zero-order valence-electron chi connectivity index (χ0n) is 12.3. The number of allylic oxidation sites excluding steroid dienone is 1. The van der Waals surface area contributed by atoms with Crippen LogP contribution in [0.15, 0.2) is 12.3 Å². The molecule has 0 saturated heterocycles. The number of ether oxygens (including phenoxy) is 1. The first kappa shape index (κ1) is 22.9. The molecule has 0 aliphatic rings. The molecule has 0 saturated carbocycles. The molecule has 1 N–H and O–H groups in total. The van der Waals surface area contributed by atoms with Crippen LogP contribution in [0.4, 0.5) is 0 Å². The molecule has 7 nitrogen and oxygen atoms in total. The van der Waals surface area contributed by atoms with E-state index in [0.29, 0.717) is 6.42 Å². The standard InChI is InChI=1S/C12H20O7S.Na/c1-2-3-4-5-6-7-8-19-12(15)10(9-11(13)14)20(16,17)18;/h7-8,10H,2-6,9H2,1H3,(H,13,14)(H,16,17,18);/q;+1/p-1/b8-7+;. The van der Waals surface area contributed by atoms with Crippen molar-refractivity contribution in [3.8, 4) is 0 Å². The quantitative estimate of drug-likeness (QED) is 0.153. The molecule has 1 atom stereocenters. The molecule has 0 rings (SSSR count). The number of hydrogen-bond acceptors (Lipinski definition) is 6. The van der Waals surface area contributed by atoms with E-state index in [4.69, 9.17) is 4.55 Å². The summed E-state index contributed by atoms with van der Waals surface area (Å²) in [7, 11) is -4.84. The van der Waals surface area contributed by atoms with Crippen LogP contribution in [-0.4, -0.2) is 30.2 Å². The zero-order valence-corrected chi connectivity index (χ0v) is 15.1. The third kappa shape index (κ3) is 11.9. The van der Waals surface area contributed by atoms with E-state index in [0.717, 1.165) is 31.9 Å². The minimum absolute atomic E-state index is 0. The normalized spacial score (nSPS) is 12.7. The van der Waals surface area contributed by atoms with Crippen LogP contribution >= 0.6 is 0 Å². The van der Waals surface area contributed by atoms with Crippen molar-refractivity contribution in [3.05, 3.63) is 12.3 Å². The van der Waals surface area contributed by atoms with Crippen molar-refractivity contribution in [1.29, 1.82) is 0 Å². The Morgan fingerprint density at radius 2 is 1.90 bits per heavy atom. The van der Waals surface area contributed by atoms with Crippen molar-refractivity contribution in [1.82, 2.24) is 0 Å². The number of esters is 1. The van der Waals surface area contributed by atoms with E-state index in [-0.39, 0.29) is 29.6 Å². The Morgan fingerprint density at radius 3 is 2.38 bits per heavy atom. The van der Waals surface area contributed by atoms with E-state index in [9.17, 15) is 23.1 Å². The first-order valence-corrected chi connectivity index (χ1v) is 7.81. The van der Waals surface area contributed by atoms with Crippen LogP contribution in [0.1, 0.15) is 45.4 Å². The summed E-state index contributed by atoms with van der Waals surface area (Å²) in [5, 5.41) is 8.16. The Labute approximate surface area is 146 Å². The number of carboxylic acid groups (broad SMARTS) is 1. The van der Waals surface area contributed by atoms with Crippen molar-refractivity contribution >= 4 is 22.1 Å². The van der Waals surface area contributed by atoms with Crippen LogP contribution in [0.5, 0.6) is 0 Å². The number of hydrogen-bond donors (Lipinski definition) is 1. The predicted molar refractivity (Wildman–Crippen MR) is 69.0 cm³/mol. The summed E-state index contributed by atoms with van der Waals surface area (Å²) >= 11 is 0. The summed E-state index contributed by atoms with van der Waals surface area (Å²) in [6.45, 7) is 2.07. The molecule has 0 aliphatic carbocycles. The van der Waals surface area contributed by atoms with Crippen LogP contribution < -0.4 is 34.7 Å². The van der Waals surface area contributed by atoms with Gasteiger partial charge in [-0.1, -0.05) is 26.2 Å². The molecule has 0 bridgehead atoms. The molecular weight excluding hydrogens is 311 g/mol. The first-order valence-electron chi connectivity index (χ1n) is 6.30. The maximum atomic E-state index is 11.4. The van der Waals surface area contributed by atoms with E-state index < -0.39 is 33.7 Å². The SMILES string of the molecule is CCCCCC/C=C/OC(=O)C(CC(=O)[O-])S(=O)(=O)O.[Na+]. The second-order valence-corrected chi connectivity index (χ2v) is 5.84. The van der Waals surface area contributed by atoms with Gasteiger partial charge in [-0.25, -0.2) is 0 Å². The maximum absolute atomic E-state index is 11.4. The fourth-order valence-corrected chi connectivity index (χ4v) is 2.06. The number of unbranched alkanes of at least 4 members (excludes halogenated alkanes) is 4. The van der Waals surface area contributed by atoms with Gasteiger partial charge in [-0.2, -0.15) is 8.42 Å². The van der Waals surface area contributed by atoms with Gasteiger partial charge in [-0.05, 0) is 18.9 Å². The number of carbonyl (C=O) groups is 2. The zero-order chi connectivity index (χ0) is 15.6. The molecule has 0 aliphatic heterocycles. The second-order valence-electron chi connectivity index (χ2n) is 4.24. The van der Waals surface area contributed by atoms with Gasteiger partial charge in [0, 0.05) is 12.4 Å². The van der Waals surface area contributed by atoms with Crippen LogP contribution in [0.2, 0.25) is 0 Å². The van der Waals surface area contributed by atoms with Crippen molar-refractivity contribution in [2.45, 2.75) is 50.7 Å². The molecule has 1 unspecified atom stereocenters. The van der Waals surface area contributed by atoms with Crippen molar-refractivity contribution < 1.29 is 62.0 Å². The van der Waals surface area contributed by atoms with Gasteiger partial charge in [-0.15, -0.1) is 0 Å². The topological polar surface area (TPSA) is 121 Å². The minimum atomic E-state index is -4.84. The first-order chi connectivity index (χ1) is 9.29. The monoisotopic (exact) mass is 330 g/mol. The molecule has 0 fully saturated rings. The largest absolute Gasteiger partial charge is 1.00 e. The second kappa shape index (κ2) is 12.2. The third-order valence-corrected chi connectivity index (χ3v) is 3.56. The van der Waals surface area contributed by atoms with Crippen LogP contribution in [0.25, 0.3) is 0 Å². The van der Waals surface area contributed by atoms with E-state index in [1.54, 1.807) is 0 Å². The van der Waals surface area contributed by atoms with Crippen LogP contribution in [0.3, 0.4) is 0 Å². The molecule has 21 heavy (non-hydrogen) atoms. The fourth-order valence-electron chi connectivity index (χ4n) is 1.41.